The molecule has 9 heteroatoms. The fourth-order valence-electron chi connectivity index (χ4n) is 4.57. The van der Waals surface area contributed by atoms with E-state index >= 15 is 0 Å². The summed E-state index contributed by atoms with van der Waals surface area (Å²) >= 11 is 8.84. The van der Waals surface area contributed by atoms with Gasteiger partial charge < -0.3 is 19.9 Å². The molecule has 3 unspecified atom stereocenters. The Labute approximate surface area is 196 Å². The third-order valence-corrected chi connectivity index (χ3v) is 8.64. The molecular formula is C22H28ClN3O3S2. The van der Waals surface area contributed by atoms with Crippen LogP contribution in [-0.4, -0.2) is 74.1 Å². The summed E-state index contributed by atoms with van der Waals surface area (Å²) < 4.78 is 5.97. The third kappa shape index (κ3) is 4.98. The summed E-state index contributed by atoms with van der Waals surface area (Å²) in [6.07, 6.45) is 1.65. The molecule has 0 bridgehead atoms. The standard InChI is InChI=1S/C22H28ClN3O3S2/c1-13-10-25(2)7-6-14-8-18(31-20(13)14)22(28)26-11-15(9-16(26)12-29-3)24-21(27)17-4-5-19(23)30-17/h4-5,8,13,15-16H,6-7,9-12H2,1-3H3,(H,24,27). The van der Waals surface area contributed by atoms with Crippen molar-refractivity contribution in [2.24, 2.45) is 0 Å². The van der Waals surface area contributed by atoms with Crippen molar-refractivity contribution in [1.82, 2.24) is 15.1 Å². The number of fused-ring (bicyclic) bond motifs is 1. The molecule has 2 aromatic rings. The minimum Gasteiger partial charge on any atom is -0.383 e. The number of nitrogens with zero attached hydrogens (tertiary/aromatic N) is 2. The molecule has 2 aliphatic heterocycles. The van der Waals surface area contributed by atoms with Crippen molar-refractivity contribution in [2.45, 2.75) is 37.8 Å². The lowest BCUT2D eigenvalue weighted by Crippen LogP contribution is -2.40. The van der Waals surface area contributed by atoms with Crippen LogP contribution in [0, 0.1) is 0 Å². The monoisotopic (exact) mass is 481 g/mol. The van der Waals surface area contributed by atoms with Gasteiger partial charge >= 0.3 is 0 Å². The predicted molar refractivity (Wildman–Crippen MR) is 126 cm³/mol. The number of hydrogen-bond acceptors (Lipinski definition) is 6. The van der Waals surface area contributed by atoms with E-state index in [4.69, 9.17) is 16.3 Å². The van der Waals surface area contributed by atoms with E-state index in [1.165, 1.54) is 21.8 Å². The van der Waals surface area contributed by atoms with Crippen molar-refractivity contribution in [3.05, 3.63) is 42.7 Å². The number of halogens is 1. The molecule has 1 fully saturated rings. The molecule has 6 nitrogen and oxygen atoms in total. The predicted octanol–water partition coefficient (Wildman–Crippen LogP) is 3.71. The Morgan fingerprint density at radius 2 is 2.06 bits per heavy atom. The summed E-state index contributed by atoms with van der Waals surface area (Å²) in [6.45, 7) is 5.20. The topological polar surface area (TPSA) is 61.9 Å². The summed E-state index contributed by atoms with van der Waals surface area (Å²) in [5.41, 5.74) is 1.30. The number of methoxy groups -OCH3 is 1. The average molecular weight is 482 g/mol. The van der Waals surface area contributed by atoms with E-state index in [1.54, 1.807) is 30.6 Å². The smallest absolute Gasteiger partial charge is 0.264 e. The van der Waals surface area contributed by atoms with Crippen molar-refractivity contribution in [3.63, 3.8) is 0 Å². The van der Waals surface area contributed by atoms with Gasteiger partial charge in [-0.15, -0.1) is 22.7 Å². The molecule has 3 atom stereocenters. The molecule has 0 saturated carbocycles. The van der Waals surface area contributed by atoms with Crippen LogP contribution in [0.1, 0.15) is 49.0 Å². The first-order chi connectivity index (χ1) is 14.9. The summed E-state index contributed by atoms with van der Waals surface area (Å²) in [5.74, 6) is 0.316. The Hall–Kier alpha value is -1.45. The Balaban J connectivity index is 1.48. The number of rotatable bonds is 5. The van der Waals surface area contributed by atoms with Crippen LogP contribution in [0.5, 0.6) is 0 Å². The van der Waals surface area contributed by atoms with E-state index in [-0.39, 0.29) is 23.9 Å². The molecule has 0 radical (unpaired) electrons. The number of thiophene rings is 2. The summed E-state index contributed by atoms with van der Waals surface area (Å²) in [6, 6.07) is 5.37. The molecule has 0 aliphatic carbocycles. The number of nitrogens with one attached hydrogen (secondary N) is 1. The first-order valence-corrected chi connectivity index (χ1v) is 12.5. The average Bonchev–Trinajstić information content (AvgIpc) is 3.43. The van der Waals surface area contributed by atoms with Crippen molar-refractivity contribution in [3.8, 4) is 0 Å². The van der Waals surface area contributed by atoms with Crippen LogP contribution in [0.3, 0.4) is 0 Å². The zero-order valence-electron chi connectivity index (χ0n) is 18.0. The Kier molecular flexibility index (Phi) is 7.03. The van der Waals surface area contributed by atoms with Crippen LogP contribution < -0.4 is 5.32 Å². The molecule has 1 N–H and O–H groups in total. The zero-order valence-corrected chi connectivity index (χ0v) is 20.4. The fraction of sp³-hybridized carbons (Fsp3) is 0.545. The molecule has 0 spiro atoms. The molecule has 1 saturated heterocycles. The number of amides is 2. The van der Waals surface area contributed by atoms with Gasteiger partial charge in [-0.2, -0.15) is 0 Å². The molecule has 168 valence electrons. The van der Waals surface area contributed by atoms with Gasteiger partial charge in [-0.25, -0.2) is 0 Å². The quantitative estimate of drug-likeness (QED) is 0.707. The van der Waals surface area contributed by atoms with Gasteiger partial charge in [-0.1, -0.05) is 18.5 Å². The van der Waals surface area contributed by atoms with Crippen molar-refractivity contribution in [2.75, 3.05) is 40.4 Å². The number of carbonyl (C=O) groups excluding carboxylic acids is 2. The first-order valence-electron chi connectivity index (χ1n) is 10.5. The third-order valence-electron chi connectivity index (χ3n) is 6.02. The summed E-state index contributed by atoms with van der Waals surface area (Å²) in [5, 5.41) is 3.06. The van der Waals surface area contributed by atoms with Gasteiger partial charge in [0.2, 0.25) is 0 Å². The minimum absolute atomic E-state index is 0.0385. The molecular weight excluding hydrogens is 454 g/mol. The second-order valence-corrected chi connectivity index (χ2v) is 11.3. The molecule has 2 aromatic heterocycles. The summed E-state index contributed by atoms with van der Waals surface area (Å²) in [7, 11) is 3.80. The highest BCUT2D eigenvalue weighted by atomic mass is 35.5. The van der Waals surface area contributed by atoms with E-state index in [0.717, 1.165) is 24.4 Å². The molecule has 31 heavy (non-hydrogen) atoms. The van der Waals surface area contributed by atoms with E-state index < -0.39 is 0 Å². The maximum absolute atomic E-state index is 13.5. The molecule has 2 amide bonds. The maximum Gasteiger partial charge on any atom is 0.264 e. The Bertz CT molecular complexity index is 960. The lowest BCUT2D eigenvalue weighted by atomic mass is 10.1. The Morgan fingerprint density at radius 3 is 2.77 bits per heavy atom. The van der Waals surface area contributed by atoms with Crippen LogP contribution in [-0.2, 0) is 11.2 Å². The Morgan fingerprint density at radius 1 is 1.26 bits per heavy atom. The van der Waals surface area contributed by atoms with Crippen LogP contribution >= 0.6 is 34.3 Å². The molecule has 4 rings (SSSR count). The van der Waals surface area contributed by atoms with Gasteiger partial charge in [0.05, 0.1) is 26.7 Å². The highest BCUT2D eigenvalue weighted by Gasteiger charge is 2.37. The number of hydrogen-bond donors (Lipinski definition) is 1. The number of likely N-dealkylation sites (tertiary alicyclic amines) is 1. The maximum atomic E-state index is 13.5. The van der Waals surface area contributed by atoms with Gasteiger partial charge in [-0.05, 0) is 43.7 Å². The largest absolute Gasteiger partial charge is 0.383 e. The van der Waals surface area contributed by atoms with E-state index in [1.807, 2.05) is 4.90 Å². The first kappa shape index (κ1) is 22.7. The molecule has 4 heterocycles. The van der Waals surface area contributed by atoms with Gasteiger partial charge in [-0.3, -0.25) is 9.59 Å². The van der Waals surface area contributed by atoms with Crippen LogP contribution in [0.2, 0.25) is 4.34 Å². The minimum atomic E-state index is -0.145. The fourth-order valence-corrected chi connectivity index (χ4v) is 6.73. The number of likely N-dealkylation sites (N-methyl/N-ethyl adjacent to an activating group) is 1. The van der Waals surface area contributed by atoms with Gasteiger partial charge in [0.1, 0.15) is 0 Å². The van der Waals surface area contributed by atoms with Crippen LogP contribution in [0.4, 0.5) is 0 Å². The van der Waals surface area contributed by atoms with Crippen LogP contribution in [0.15, 0.2) is 18.2 Å². The van der Waals surface area contributed by atoms with Gasteiger partial charge in [0, 0.05) is 43.6 Å². The SMILES string of the molecule is COCC1CC(NC(=O)c2ccc(Cl)s2)CN1C(=O)c1cc2c(s1)C(C)CN(C)CC2. The summed E-state index contributed by atoms with van der Waals surface area (Å²) in [4.78, 5) is 32.9. The molecule has 2 aliphatic rings. The highest BCUT2D eigenvalue weighted by Crippen LogP contribution is 2.34. The van der Waals surface area contributed by atoms with Gasteiger partial charge in [0.25, 0.3) is 11.8 Å². The lowest BCUT2D eigenvalue weighted by molar-refractivity contribution is 0.0633. The number of ether oxygens (including phenoxy) is 1. The normalized spacial score (nSPS) is 24.1. The van der Waals surface area contributed by atoms with Crippen molar-refractivity contribution < 1.29 is 14.3 Å². The van der Waals surface area contributed by atoms with Crippen LogP contribution in [0.25, 0.3) is 0 Å². The van der Waals surface area contributed by atoms with Crippen molar-refractivity contribution >= 4 is 46.1 Å². The van der Waals surface area contributed by atoms with E-state index in [2.05, 4.69) is 30.3 Å². The van der Waals surface area contributed by atoms with E-state index in [0.29, 0.717) is 34.7 Å². The van der Waals surface area contributed by atoms with E-state index in [9.17, 15) is 9.59 Å². The zero-order chi connectivity index (χ0) is 22.1. The highest BCUT2D eigenvalue weighted by molar-refractivity contribution is 7.18. The van der Waals surface area contributed by atoms with Crippen molar-refractivity contribution in [1.29, 1.82) is 0 Å². The molecule has 0 aromatic carbocycles. The number of carbonyl (C=O) groups is 2. The van der Waals surface area contributed by atoms with Gasteiger partial charge in [0.15, 0.2) is 0 Å². The second kappa shape index (κ2) is 9.58. The second-order valence-electron chi connectivity index (χ2n) is 8.49. The lowest BCUT2D eigenvalue weighted by Gasteiger charge is -2.23.